The lowest BCUT2D eigenvalue weighted by atomic mass is 9.86. The standard InChI is InChI=1S/C48H28/c1-3-13-31(14-4-1)47-35-19-9-7-17-33(35)29-45-39-23-11-21-37(41(39)25-27-43(45)47)38-22-12-24-40-42(38)26-28-44-46(40)30-34-18-8-10-20-36(34)48(44)32-15-5-2-6-16-32/h1-5,7-15,17-30H. The van der Waals surface area contributed by atoms with Crippen molar-refractivity contribution in [2.75, 3.05) is 0 Å². The molecule has 48 heavy (non-hydrogen) atoms. The van der Waals surface area contributed by atoms with Crippen molar-refractivity contribution in [1.29, 1.82) is 0 Å². The first kappa shape index (κ1) is 26.8. The molecule has 0 atom stereocenters. The Morgan fingerprint density at radius 2 is 0.833 bits per heavy atom. The summed E-state index contributed by atoms with van der Waals surface area (Å²) in [5.41, 5.74) is 7.32. The first-order chi connectivity index (χ1) is 23.8. The number of fused-ring (bicyclic) bond motifs is 8. The second kappa shape index (κ2) is 10.6. The van der Waals surface area contributed by atoms with Crippen LogP contribution in [0.4, 0.5) is 0 Å². The monoisotopic (exact) mass is 604 g/mol. The highest BCUT2D eigenvalue weighted by Crippen LogP contribution is 2.44. The van der Waals surface area contributed by atoms with Crippen LogP contribution < -0.4 is 0 Å². The van der Waals surface area contributed by atoms with E-state index < -0.39 is 0 Å². The highest BCUT2D eigenvalue weighted by molar-refractivity contribution is 6.25. The summed E-state index contributed by atoms with van der Waals surface area (Å²) in [5, 5.41) is 15.1. The molecule has 0 aliphatic heterocycles. The van der Waals surface area contributed by atoms with Crippen molar-refractivity contribution < 1.29 is 0 Å². The lowest BCUT2D eigenvalue weighted by Gasteiger charge is -2.17. The van der Waals surface area contributed by atoms with Gasteiger partial charge in [0.25, 0.3) is 0 Å². The van der Waals surface area contributed by atoms with Crippen LogP contribution in [-0.2, 0) is 0 Å². The van der Waals surface area contributed by atoms with E-state index in [9.17, 15) is 0 Å². The molecule has 10 rings (SSSR count). The molecule has 0 spiro atoms. The fourth-order valence-corrected chi connectivity index (χ4v) is 7.99. The molecule has 0 unspecified atom stereocenters. The van der Waals surface area contributed by atoms with Gasteiger partial charge in [-0.05, 0) is 111 Å². The Hall–Kier alpha value is -6.42. The Bertz CT molecular complexity index is 2660. The minimum absolute atomic E-state index is 1.07. The second-order valence-corrected chi connectivity index (χ2v) is 12.6. The van der Waals surface area contributed by atoms with Crippen molar-refractivity contribution >= 4 is 64.6 Å². The Balaban J connectivity index is 1.26. The average Bonchev–Trinajstić information content (AvgIpc) is 3.16. The first-order valence-electron chi connectivity index (χ1n) is 16.5. The molecule has 0 heterocycles. The SMILES string of the molecule is c1cccc(-c2c3ccccc3cc3c2ccc2c(-c4cccc5c4ccc4c(-c6ccccc6)c6ccccc6cc45)cccc23)c#1. The van der Waals surface area contributed by atoms with Gasteiger partial charge in [-0.3, -0.25) is 0 Å². The summed E-state index contributed by atoms with van der Waals surface area (Å²) in [7, 11) is 0. The van der Waals surface area contributed by atoms with Crippen LogP contribution in [0.15, 0.2) is 170 Å². The molecule has 220 valence electrons. The molecule has 0 heteroatoms. The van der Waals surface area contributed by atoms with Crippen molar-refractivity contribution in [2.24, 2.45) is 0 Å². The highest BCUT2D eigenvalue weighted by atomic mass is 14.2. The van der Waals surface area contributed by atoms with Crippen LogP contribution in [0.5, 0.6) is 0 Å². The van der Waals surface area contributed by atoms with Gasteiger partial charge in [-0.1, -0.05) is 158 Å². The molecule has 0 N–H and O–H groups in total. The van der Waals surface area contributed by atoms with Crippen LogP contribution in [-0.4, -0.2) is 0 Å². The van der Waals surface area contributed by atoms with Gasteiger partial charge >= 0.3 is 0 Å². The molecule has 0 saturated heterocycles. The molecule has 0 aromatic heterocycles. The van der Waals surface area contributed by atoms with Gasteiger partial charge in [-0.15, -0.1) is 0 Å². The third-order valence-electron chi connectivity index (χ3n) is 10.1. The van der Waals surface area contributed by atoms with Gasteiger partial charge in [0.05, 0.1) is 0 Å². The summed E-state index contributed by atoms with van der Waals surface area (Å²) >= 11 is 0. The van der Waals surface area contributed by atoms with Crippen LogP contribution in [0.3, 0.4) is 0 Å². The normalized spacial score (nSPS) is 11.6. The zero-order chi connectivity index (χ0) is 31.6. The van der Waals surface area contributed by atoms with Crippen LogP contribution >= 0.6 is 0 Å². The first-order valence-corrected chi connectivity index (χ1v) is 16.5. The predicted molar refractivity (Wildman–Crippen MR) is 205 cm³/mol. The topological polar surface area (TPSA) is 0 Å². The van der Waals surface area contributed by atoms with Gasteiger partial charge < -0.3 is 0 Å². The van der Waals surface area contributed by atoms with E-state index >= 15 is 0 Å². The summed E-state index contributed by atoms with van der Waals surface area (Å²) in [5.74, 6) is 0. The molecular weight excluding hydrogens is 577 g/mol. The van der Waals surface area contributed by atoms with Crippen LogP contribution in [0.2, 0.25) is 0 Å². The minimum atomic E-state index is 1.07. The molecule has 0 amide bonds. The average molecular weight is 605 g/mol. The Morgan fingerprint density at radius 1 is 0.312 bits per heavy atom. The molecule has 10 aromatic rings. The largest absolute Gasteiger partial charge is 0.0696 e. The smallest absolute Gasteiger partial charge is 0.0333 e. The Kier molecular flexibility index (Phi) is 5.89. The van der Waals surface area contributed by atoms with E-state index in [1.54, 1.807) is 0 Å². The molecular formula is C48H28. The van der Waals surface area contributed by atoms with Gasteiger partial charge in [0.15, 0.2) is 0 Å². The summed E-state index contributed by atoms with van der Waals surface area (Å²) in [4.78, 5) is 0. The van der Waals surface area contributed by atoms with E-state index in [0.717, 1.165) is 5.56 Å². The third-order valence-corrected chi connectivity index (χ3v) is 10.1. The van der Waals surface area contributed by atoms with Gasteiger partial charge in [-0.25, -0.2) is 0 Å². The number of hydrogen-bond acceptors (Lipinski definition) is 0. The summed E-state index contributed by atoms with van der Waals surface area (Å²) in [6.07, 6.45) is 0. The maximum absolute atomic E-state index is 3.39. The van der Waals surface area contributed by atoms with Crippen molar-refractivity contribution in [1.82, 2.24) is 0 Å². The summed E-state index contributed by atoms with van der Waals surface area (Å²) in [6.45, 7) is 0. The number of rotatable bonds is 3. The molecule has 0 radical (unpaired) electrons. The molecule has 0 nitrogen and oxygen atoms in total. The minimum Gasteiger partial charge on any atom is -0.0696 e. The van der Waals surface area contributed by atoms with Crippen molar-refractivity contribution in [2.45, 2.75) is 0 Å². The van der Waals surface area contributed by atoms with E-state index in [4.69, 9.17) is 0 Å². The molecule has 0 aliphatic rings. The van der Waals surface area contributed by atoms with Gasteiger partial charge in [0.2, 0.25) is 0 Å². The lowest BCUT2D eigenvalue weighted by Crippen LogP contribution is -1.90. The van der Waals surface area contributed by atoms with Gasteiger partial charge in [0.1, 0.15) is 0 Å². The van der Waals surface area contributed by atoms with Crippen molar-refractivity contribution in [3.8, 4) is 33.4 Å². The van der Waals surface area contributed by atoms with E-state index in [1.807, 2.05) is 6.07 Å². The highest BCUT2D eigenvalue weighted by Gasteiger charge is 2.17. The second-order valence-electron chi connectivity index (χ2n) is 12.6. The number of hydrogen-bond donors (Lipinski definition) is 0. The Morgan fingerprint density at radius 3 is 1.44 bits per heavy atom. The zero-order valence-corrected chi connectivity index (χ0v) is 26.2. The molecule has 0 saturated carbocycles. The van der Waals surface area contributed by atoms with Gasteiger partial charge in [-0.2, -0.15) is 0 Å². The van der Waals surface area contributed by atoms with Crippen LogP contribution in [0, 0.1) is 12.1 Å². The van der Waals surface area contributed by atoms with Crippen LogP contribution in [0.1, 0.15) is 0 Å². The van der Waals surface area contributed by atoms with Crippen molar-refractivity contribution in [3.63, 3.8) is 0 Å². The van der Waals surface area contributed by atoms with E-state index in [1.165, 1.54) is 92.5 Å². The van der Waals surface area contributed by atoms with Crippen LogP contribution in [0.25, 0.3) is 98.0 Å². The predicted octanol–water partition coefficient (Wildman–Crippen LogP) is 13.2. The zero-order valence-electron chi connectivity index (χ0n) is 26.2. The molecule has 10 aromatic carbocycles. The third kappa shape index (κ3) is 3.99. The van der Waals surface area contributed by atoms with Gasteiger partial charge in [0, 0.05) is 11.1 Å². The van der Waals surface area contributed by atoms with E-state index in [2.05, 4.69) is 176 Å². The number of benzene rings is 9. The van der Waals surface area contributed by atoms with Crippen molar-refractivity contribution in [3.05, 3.63) is 182 Å². The van der Waals surface area contributed by atoms with E-state index in [-0.39, 0.29) is 0 Å². The summed E-state index contributed by atoms with van der Waals surface area (Å²) < 4.78 is 0. The summed E-state index contributed by atoms with van der Waals surface area (Å²) in [6, 6.07) is 68.6. The lowest BCUT2D eigenvalue weighted by molar-refractivity contribution is 1.67. The Labute approximate surface area is 279 Å². The maximum Gasteiger partial charge on any atom is 0.0333 e. The molecule has 0 fully saturated rings. The fraction of sp³-hybridized carbons (Fsp3) is 0. The molecule has 0 bridgehead atoms. The fourth-order valence-electron chi connectivity index (χ4n) is 7.99. The maximum atomic E-state index is 3.39. The van der Waals surface area contributed by atoms with E-state index in [0.29, 0.717) is 0 Å². The quantitative estimate of drug-likeness (QED) is 0.139. The molecule has 0 aliphatic carbocycles.